The third-order valence-electron chi connectivity index (χ3n) is 3.77. The van der Waals surface area contributed by atoms with Gasteiger partial charge in [0.1, 0.15) is 24.9 Å². The molecular weight excluding hydrogens is 333 g/mol. The highest BCUT2D eigenvalue weighted by Crippen LogP contribution is 2.30. The smallest absolute Gasteiger partial charge is 0.366 e. The van der Waals surface area contributed by atoms with Crippen molar-refractivity contribution in [2.75, 3.05) is 0 Å². The molecule has 0 spiro atoms. The molecule has 25 heavy (non-hydrogen) atoms. The van der Waals surface area contributed by atoms with Crippen LogP contribution in [0.2, 0.25) is 0 Å². The van der Waals surface area contributed by atoms with Crippen LogP contribution in [0.5, 0.6) is 0 Å². The van der Waals surface area contributed by atoms with E-state index in [9.17, 15) is 13.2 Å². The molecule has 4 rings (SSSR count). The Morgan fingerprint density at radius 3 is 2.16 bits per heavy atom. The van der Waals surface area contributed by atoms with Crippen LogP contribution in [0.4, 0.5) is 13.2 Å². The Kier molecular flexibility index (Phi) is 3.69. The zero-order valence-electron chi connectivity index (χ0n) is 12.9. The normalized spacial score (nSPS) is 12.3. The number of hydrogen-bond donors (Lipinski definition) is 2. The van der Waals surface area contributed by atoms with Crippen molar-refractivity contribution in [1.29, 1.82) is 0 Å². The number of rotatable bonds is 4. The number of para-hydroxylation sites is 2. The molecular formula is C17H13F3N4O. The Labute approximate surface area is 139 Å². The van der Waals surface area contributed by atoms with Crippen molar-refractivity contribution < 1.29 is 17.9 Å². The van der Waals surface area contributed by atoms with E-state index in [-0.39, 0.29) is 13.2 Å². The predicted octanol–water partition coefficient (Wildman–Crippen LogP) is 4.17. The molecule has 0 fully saturated rings. The Bertz CT molecular complexity index is 1000. The summed E-state index contributed by atoms with van der Waals surface area (Å²) in [5, 5.41) is 0. The summed E-state index contributed by atoms with van der Waals surface area (Å²) in [7, 11) is 0. The van der Waals surface area contributed by atoms with Gasteiger partial charge in [-0.25, -0.2) is 9.97 Å². The second-order valence-corrected chi connectivity index (χ2v) is 5.61. The summed E-state index contributed by atoms with van der Waals surface area (Å²) in [6, 6.07) is 11.0. The number of ether oxygens (including phenoxy) is 1. The second kappa shape index (κ2) is 5.89. The van der Waals surface area contributed by atoms with Gasteiger partial charge < -0.3 is 14.7 Å². The molecule has 2 aromatic heterocycles. The number of nitrogens with zero attached hydrogens (tertiary/aromatic N) is 2. The minimum atomic E-state index is -4.38. The topological polar surface area (TPSA) is 66.6 Å². The highest BCUT2D eigenvalue weighted by Gasteiger charge is 2.30. The van der Waals surface area contributed by atoms with E-state index in [1.165, 1.54) is 6.07 Å². The van der Waals surface area contributed by atoms with Crippen LogP contribution in [0.3, 0.4) is 0 Å². The van der Waals surface area contributed by atoms with Gasteiger partial charge in [0.15, 0.2) is 0 Å². The average molecular weight is 346 g/mol. The van der Waals surface area contributed by atoms with Crippen LogP contribution in [-0.4, -0.2) is 19.9 Å². The Morgan fingerprint density at radius 1 is 0.840 bits per heavy atom. The van der Waals surface area contributed by atoms with E-state index in [0.717, 1.165) is 23.2 Å². The molecule has 0 atom stereocenters. The van der Waals surface area contributed by atoms with E-state index in [0.29, 0.717) is 22.7 Å². The van der Waals surface area contributed by atoms with Crippen LogP contribution < -0.4 is 0 Å². The standard InChI is InChI=1S/C17H13F3N4O/c18-17(19,20)10-5-6-13-14(7-10)24-16(23-13)9-25-8-15-21-11-3-1-2-4-12(11)22-15/h1-7H,8-9H2,(H,21,22)(H,23,24). The number of H-pyrrole nitrogens is 2. The molecule has 0 aliphatic heterocycles. The van der Waals surface area contributed by atoms with Crippen LogP contribution >= 0.6 is 0 Å². The number of hydrogen-bond acceptors (Lipinski definition) is 3. The van der Waals surface area contributed by atoms with E-state index in [4.69, 9.17) is 4.74 Å². The van der Waals surface area contributed by atoms with Gasteiger partial charge in [0, 0.05) is 0 Å². The minimum absolute atomic E-state index is 0.146. The summed E-state index contributed by atoms with van der Waals surface area (Å²) in [5.41, 5.74) is 1.86. The lowest BCUT2D eigenvalue weighted by molar-refractivity contribution is -0.137. The van der Waals surface area contributed by atoms with Gasteiger partial charge in [0.2, 0.25) is 0 Å². The summed E-state index contributed by atoms with van der Waals surface area (Å²) in [4.78, 5) is 14.6. The molecule has 2 aromatic carbocycles. The van der Waals surface area contributed by atoms with Crippen molar-refractivity contribution in [3.63, 3.8) is 0 Å². The van der Waals surface area contributed by atoms with Gasteiger partial charge in [0.25, 0.3) is 0 Å². The highest BCUT2D eigenvalue weighted by atomic mass is 19.4. The molecule has 8 heteroatoms. The van der Waals surface area contributed by atoms with Crippen molar-refractivity contribution in [2.24, 2.45) is 0 Å². The minimum Gasteiger partial charge on any atom is -0.366 e. The Hall–Kier alpha value is -2.87. The molecule has 0 radical (unpaired) electrons. The average Bonchev–Trinajstić information content (AvgIpc) is 3.15. The molecule has 0 unspecified atom stereocenters. The molecule has 0 amide bonds. The van der Waals surface area contributed by atoms with Gasteiger partial charge in [-0.1, -0.05) is 12.1 Å². The second-order valence-electron chi connectivity index (χ2n) is 5.61. The van der Waals surface area contributed by atoms with Crippen molar-refractivity contribution in [3.8, 4) is 0 Å². The fourth-order valence-electron chi connectivity index (χ4n) is 2.63. The SMILES string of the molecule is FC(F)(F)c1ccc2nc(COCc3nc4ccccc4[nH]3)[nH]c2c1. The molecule has 0 bridgehead atoms. The summed E-state index contributed by atoms with van der Waals surface area (Å²) in [5.74, 6) is 1.14. The quantitative estimate of drug-likeness (QED) is 0.583. The molecule has 0 aliphatic carbocycles. The molecule has 2 N–H and O–H groups in total. The molecule has 4 aromatic rings. The van der Waals surface area contributed by atoms with E-state index in [2.05, 4.69) is 19.9 Å². The van der Waals surface area contributed by atoms with Crippen LogP contribution in [0, 0.1) is 0 Å². The van der Waals surface area contributed by atoms with Gasteiger partial charge in [-0.3, -0.25) is 0 Å². The maximum absolute atomic E-state index is 12.7. The van der Waals surface area contributed by atoms with Gasteiger partial charge >= 0.3 is 6.18 Å². The number of nitrogens with one attached hydrogen (secondary N) is 2. The number of alkyl halides is 3. The molecule has 2 heterocycles. The van der Waals surface area contributed by atoms with Gasteiger partial charge in [0.05, 0.1) is 27.6 Å². The third kappa shape index (κ3) is 3.20. The summed E-state index contributed by atoms with van der Waals surface area (Å²) in [6.07, 6.45) is -4.38. The van der Waals surface area contributed by atoms with Crippen LogP contribution in [0.1, 0.15) is 17.2 Å². The molecule has 0 aliphatic rings. The lowest BCUT2D eigenvalue weighted by Gasteiger charge is -2.05. The summed E-state index contributed by atoms with van der Waals surface area (Å²) < 4.78 is 43.7. The van der Waals surface area contributed by atoms with E-state index in [1.54, 1.807) is 0 Å². The first-order valence-corrected chi connectivity index (χ1v) is 7.56. The predicted molar refractivity (Wildman–Crippen MR) is 85.7 cm³/mol. The first kappa shape index (κ1) is 15.6. The number of fused-ring (bicyclic) bond motifs is 2. The molecule has 0 saturated heterocycles. The number of halogens is 3. The number of aromatic nitrogens is 4. The van der Waals surface area contributed by atoms with Gasteiger partial charge in [-0.15, -0.1) is 0 Å². The monoisotopic (exact) mass is 346 g/mol. The number of imidazole rings is 2. The fraction of sp³-hybridized carbons (Fsp3) is 0.176. The molecule has 5 nitrogen and oxygen atoms in total. The summed E-state index contributed by atoms with van der Waals surface area (Å²) >= 11 is 0. The first-order valence-electron chi connectivity index (χ1n) is 7.56. The Balaban J connectivity index is 1.45. The van der Waals surface area contributed by atoms with Crippen LogP contribution in [0.25, 0.3) is 22.1 Å². The maximum Gasteiger partial charge on any atom is 0.416 e. The Morgan fingerprint density at radius 2 is 1.48 bits per heavy atom. The van der Waals surface area contributed by atoms with Crippen molar-refractivity contribution >= 4 is 22.1 Å². The van der Waals surface area contributed by atoms with E-state index >= 15 is 0 Å². The lowest BCUT2D eigenvalue weighted by atomic mass is 10.2. The third-order valence-corrected chi connectivity index (χ3v) is 3.77. The maximum atomic E-state index is 12.7. The van der Waals surface area contributed by atoms with Crippen molar-refractivity contribution in [3.05, 3.63) is 59.7 Å². The van der Waals surface area contributed by atoms with Crippen LogP contribution in [0.15, 0.2) is 42.5 Å². The van der Waals surface area contributed by atoms with E-state index < -0.39 is 11.7 Å². The number of benzene rings is 2. The first-order chi connectivity index (χ1) is 12.0. The van der Waals surface area contributed by atoms with E-state index in [1.807, 2.05) is 24.3 Å². The molecule has 0 saturated carbocycles. The highest BCUT2D eigenvalue weighted by molar-refractivity contribution is 5.76. The van der Waals surface area contributed by atoms with Gasteiger partial charge in [-0.2, -0.15) is 13.2 Å². The fourth-order valence-corrected chi connectivity index (χ4v) is 2.63. The van der Waals surface area contributed by atoms with Crippen molar-refractivity contribution in [2.45, 2.75) is 19.4 Å². The summed E-state index contributed by atoms with van der Waals surface area (Å²) in [6.45, 7) is 0.395. The molecule has 128 valence electrons. The van der Waals surface area contributed by atoms with Crippen LogP contribution in [-0.2, 0) is 24.1 Å². The zero-order chi connectivity index (χ0) is 17.4. The number of aromatic amines is 2. The zero-order valence-corrected chi connectivity index (χ0v) is 12.9. The van der Waals surface area contributed by atoms with Gasteiger partial charge in [-0.05, 0) is 30.3 Å². The van der Waals surface area contributed by atoms with Crippen molar-refractivity contribution in [1.82, 2.24) is 19.9 Å². The lowest BCUT2D eigenvalue weighted by Crippen LogP contribution is -2.04. The largest absolute Gasteiger partial charge is 0.416 e.